The zero-order chi connectivity index (χ0) is 16.5. The van der Waals surface area contributed by atoms with Gasteiger partial charge in [0.05, 0.1) is 5.69 Å². The summed E-state index contributed by atoms with van der Waals surface area (Å²) in [4.78, 5) is 13.3. The molecule has 0 saturated carbocycles. The maximum absolute atomic E-state index is 13.0. The van der Waals surface area contributed by atoms with Crippen molar-refractivity contribution in [2.45, 2.75) is 19.5 Å². The number of nitrogens with zero attached hydrogens (tertiary/aromatic N) is 3. The van der Waals surface area contributed by atoms with E-state index in [9.17, 15) is 4.39 Å². The Morgan fingerprint density at radius 2 is 2.00 bits per heavy atom. The first-order valence-electron chi connectivity index (χ1n) is 7.84. The van der Waals surface area contributed by atoms with Crippen molar-refractivity contribution in [2.75, 3.05) is 12.3 Å². The van der Waals surface area contributed by atoms with Crippen LogP contribution in [0.3, 0.4) is 0 Å². The highest BCUT2D eigenvalue weighted by atomic mass is 32.1. The SMILES string of the molecule is Nc1ncc2c(n1)CCN(Cc1ccc(-c3ccc(F)cc3)s1)C2. The molecule has 122 valence electrons. The molecule has 4 nitrogen and oxygen atoms in total. The molecule has 3 aromatic rings. The van der Waals surface area contributed by atoms with Gasteiger partial charge in [-0.15, -0.1) is 11.3 Å². The number of anilines is 1. The van der Waals surface area contributed by atoms with Gasteiger partial charge in [0.1, 0.15) is 5.82 Å². The van der Waals surface area contributed by atoms with Crippen LogP contribution in [0.5, 0.6) is 0 Å². The van der Waals surface area contributed by atoms with Crippen LogP contribution in [0, 0.1) is 5.82 Å². The Morgan fingerprint density at radius 1 is 1.17 bits per heavy atom. The number of nitrogens with two attached hydrogens (primary N) is 1. The Balaban J connectivity index is 1.47. The van der Waals surface area contributed by atoms with Gasteiger partial charge in [0.15, 0.2) is 0 Å². The van der Waals surface area contributed by atoms with Gasteiger partial charge in [0.2, 0.25) is 5.95 Å². The minimum absolute atomic E-state index is 0.203. The Bertz CT molecular complexity index is 860. The second-order valence-electron chi connectivity index (χ2n) is 5.93. The van der Waals surface area contributed by atoms with E-state index in [4.69, 9.17) is 5.73 Å². The van der Waals surface area contributed by atoms with Crippen LogP contribution in [0.15, 0.2) is 42.6 Å². The number of halogens is 1. The van der Waals surface area contributed by atoms with Crippen LogP contribution in [0.1, 0.15) is 16.1 Å². The van der Waals surface area contributed by atoms with Crippen LogP contribution < -0.4 is 5.73 Å². The van der Waals surface area contributed by atoms with Gasteiger partial charge in [-0.3, -0.25) is 4.90 Å². The molecule has 4 rings (SSSR count). The maximum atomic E-state index is 13.0. The number of aromatic nitrogens is 2. The fourth-order valence-electron chi connectivity index (χ4n) is 2.98. The molecule has 1 aliphatic rings. The van der Waals surface area contributed by atoms with Gasteiger partial charge < -0.3 is 5.73 Å². The largest absolute Gasteiger partial charge is 0.368 e. The third-order valence-electron chi connectivity index (χ3n) is 4.20. The maximum Gasteiger partial charge on any atom is 0.220 e. The normalized spacial score (nSPS) is 14.5. The zero-order valence-electron chi connectivity index (χ0n) is 13.1. The third-order valence-corrected chi connectivity index (χ3v) is 5.32. The van der Waals surface area contributed by atoms with E-state index in [1.165, 1.54) is 21.9 Å². The molecule has 2 N–H and O–H groups in total. The van der Waals surface area contributed by atoms with E-state index in [1.807, 2.05) is 18.3 Å². The van der Waals surface area contributed by atoms with E-state index in [0.717, 1.165) is 42.9 Å². The highest BCUT2D eigenvalue weighted by molar-refractivity contribution is 7.15. The Labute approximate surface area is 143 Å². The van der Waals surface area contributed by atoms with Gasteiger partial charge in [0, 0.05) is 47.6 Å². The first kappa shape index (κ1) is 15.2. The summed E-state index contributed by atoms with van der Waals surface area (Å²) in [6.45, 7) is 2.71. The molecule has 3 heterocycles. The number of rotatable bonds is 3. The lowest BCUT2D eigenvalue weighted by Crippen LogP contribution is -2.30. The molecule has 0 aliphatic carbocycles. The average molecular weight is 340 g/mol. The standard InChI is InChI=1S/C18H17FN4S/c19-14-3-1-12(2-4-14)17-6-5-15(24-17)11-23-8-7-16-13(10-23)9-21-18(20)22-16/h1-6,9H,7-8,10-11H2,(H2,20,21,22). The van der Waals surface area contributed by atoms with Gasteiger partial charge in [0.25, 0.3) is 0 Å². The van der Waals surface area contributed by atoms with Gasteiger partial charge in [-0.05, 0) is 29.8 Å². The molecule has 2 aromatic heterocycles. The van der Waals surface area contributed by atoms with Crippen molar-refractivity contribution >= 4 is 17.3 Å². The first-order chi connectivity index (χ1) is 11.7. The van der Waals surface area contributed by atoms with E-state index in [1.54, 1.807) is 11.3 Å². The molecule has 0 bridgehead atoms. The smallest absolute Gasteiger partial charge is 0.220 e. The van der Waals surface area contributed by atoms with Crippen LogP contribution >= 0.6 is 11.3 Å². The van der Waals surface area contributed by atoms with E-state index in [2.05, 4.69) is 27.0 Å². The lowest BCUT2D eigenvalue weighted by atomic mass is 10.1. The number of hydrogen-bond donors (Lipinski definition) is 1. The van der Waals surface area contributed by atoms with Gasteiger partial charge in [-0.1, -0.05) is 12.1 Å². The van der Waals surface area contributed by atoms with E-state index < -0.39 is 0 Å². The molecule has 0 fully saturated rings. The summed E-state index contributed by atoms with van der Waals surface area (Å²) in [6, 6.07) is 10.9. The second kappa shape index (κ2) is 6.30. The summed E-state index contributed by atoms with van der Waals surface area (Å²) in [5.74, 6) is 0.148. The summed E-state index contributed by atoms with van der Waals surface area (Å²) in [5.41, 5.74) is 8.93. The van der Waals surface area contributed by atoms with Gasteiger partial charge >= 0.3 is 0 Å². The van der Waals surface area contributed by atoms with Crippen LogP contribution in [0.25, 0.3) is 10.4 Å². The van der Waals surface area contributed by atoms with E-state index >= 15 is 0 Å². The summed E-state index contributed by atoms with van der Waals surface area (Å²) in [5, 5.41) is 0. The fraction of sp³-hybridized carbons (Fsp3) is 0.222. The van der Waals surface area contributed by atoms with Crippen molar-refractivity contribution < 1.29 is 4.39 Å². The molecule has 0 amide bonds. The molecule has 0 radical (unpaired) electrons. The average Bonchev–Trinajstić information content (AvgIpc) is 3.04. The zero-order valence-corrected chi connectivity index (χ0v) is 13.9. The lowest BCUT2D eigenvalue weighted by Gasteiger charge is -2.27. The van der Waals surface area contributed by atoms with Crippen molar-refractivity contribution in [1.29, 1.82) is 0 Å². The Hall–Kier alpha value is -2.31. The molecular formula is C18H17FN4S. The van der Waals surface area contributed by atoms with Gasteiger partial charge in [-0.2, -0.15) is 0 Å². The molecule has 1 aromatic carbocycles. The van der Waals surface area contributed by atoms with Crippen molar-refractivity contribution in [2.24, 2.45) is 0 Å². The van der Waals surface area contributed by atoms with Gasteiger partial charge in [-0.25, -0.2) is 14.4 Å². The fourth-order valence-corrected chi connectivity index (χ4v) is 4.03. The predicted molar refractivity (Wildman–Crippen MR) is 94.0 cm³/mol. The van der Waals surface area contributed by atoms with Crippen LogP contribution in [0.4, 0.5) is 10.3 Å². The molecule has 0 unspecified atom stereocenters. The van der Waals surface area contributed by atoms with Crippen molar-refractivity contribution in [3.8, 4) is 10.4 Å². The number of nitrogen functional groups attached to an aromatic ring is 1. The molecule has 1 aliphatic heterocycles. The van der Waals surface area contributed by atoms with Crippen LogP contribution in [-0.2, 0) is 19.5 Å². The summed E-state index contributed by atoms with van der Waals surface area (Å²) < 4.78 is 13.0. The minimum atomic E-state index is -0.203. The highest BCUT2D eigenvalue weighted by Gasteiger charge is 2.18. The molecule has 0 saturated heterocycles. The second-order valence-corrected chi connectivity index (χ2v) is 7.10. The molecule has 0 atom stereocenters. The Morgan fingerprint density at radius 3 is 2.83 bits per heavy atom. The molecule has 6 heteroatoms. The summed E-state index contributed by atoms with van der Waals surface area (Å²) in [6.07, 6.45) is 2.74. The first-order valence-corrected chi connectivity index (χ1v) is 8.66. The highest BCUT2D eigenvalue weighted by Crippen LogP contribution is 2.30. The molecule has 0 spiro atoms. The third kappa shape index (κ3) is 3.16. The quantitative estimate of drug-likeness (QED) is 0.793. The number of fused-ring (bicyclic) bond motifs is 1. The minimum Gasteiger partial charge on any atom is -0.368 e. The van der Waals surface area contributed by atoms with Crippen molar-refractivity contribution in [3.63, 3.8) is 0 Å². The van der Waals surface area contributed by atoms with Crippen LogP contribution in [-0.4, -0.2) is 21.4 Å². The van der Waals surface area contributed by atoms with Crippen LogP contribution in [0.2, 0.25) is 0 Å². The van der Waals surface area contributed by atoms with E-state index in [-0.39, 0.29) is 5.82 Å². The number of thiophene rings is 1. The lowest BCUT2D eigenvalue weighted by molar-refractivity contribution is 0.245. The number of benzene rings is 1. The molecular weight excluding hydrogens is 323 g/mol. The number of hydrogen-bond acceptors (Lipinski definition) is 5. The summed E-state index contributed by atoms with van der Waals surface area (Å²) in [7, 11) is 0. The predicted octanol–water partition coefficient (Wildman–Crippen LogP) is 3.48. The van der Waals surface area contributed by atoms with Crippen molar-refractivity contribution in [3.05, 3.63) is 64.5 Å². The van der Waals surface area contributed by atoms with Crippen molar-refractivity contribution in [1.82, 2.24) is 14.9 Å². The topological polar surface area (TPSA) is 55.0 Å². The summed E-state index contributed by atoms with van der Waals surface area (Å²) >= 11 is 1.75. The molecule has 24 heavy (non-hydrogen) atoms. The Kier molecular flexibility index (Phi) is 4.00. The van der Waals surface area contributed by atoms with E-state index in [0.29, 0.717) is 5.95 Å². The monoisotopic (exact) mass is 340 g/mol.